The number of phenols is 1. The number of carbonyl (C=O) groups excluding carboxylic acids is 1. The third-order valence-electron chi connectivity index (χ3n) is 4.40. The van der Waals surface area contributed by atoms with Crippen LogP contribution >= 0.6 is 0 Å². The second kappa shape index (κ2) is 6.24. The van der Waals surface area contributed by atoms with E-state index in [1.807, 2.05) is 47.9 Å². The fraction of sp³-hybridized carbons (Fsp3) is 0.300. The highest BCUT2D eigenvalue weighted by molar-refractivity contribution is 5.95. The zero-order valence-electron chi connectivity index (χ0n) is 14.9. The zero-order chi connectivity index (χ0) is 18.2. The molecule has 5 heteroatoms. The summed E-state index contributed by atoms with van der Waals surface area (Å²) in [5.41, 5.74) is 3.15. The Morgan fingerprint density at radius 1 is 1.20 bits per heavy atom. The van der Waals surface area contributed by atoms with Crippen molar-refractivity contribution >= 4 is 22.6 Å². The van der Waals surface area contributed by atoms with Gasteiger partial charge in [-0.15, -0.1) is 0 Å². The van der Waals surface area contributed by atoms with E-state index in [4.69, 9.17) is 0 Å². The van der Waals surface area contributed by atoms with E-state index in [1.165, 1.54) is 0 Å². The lowest BCUT2D eigenvalue weighted by Crippen LogP contribution is -2.23. The molecular weight excluding hydrogens is 314 g/mol. The van der Waals surface area contributed by atoms with Gasteiger partial charge in [-0.1, -0.05) is 39.0 Å². The van der Waals surface area contributed by atoms with Crippen LogP contribution in [0.15, 0.2) is 48.8 Å². The Labute approximate surface area is 147 Å². The molecule has 2 aromatic carbocycles. The first kappa shape index (κ1) is 17.0. The van der Waals surface area contributed by atoms with Crippen LogP contribution in [0.5, 0.6) is 5.75 Å². The van der Waals surface area contributed by atoms with E-state index in [-0.39, 0.29) is 17.1 Å². The minimum atomic E-state index is -0.454. The number of carbonyl (C=O) groups is 1. The smallest absolute Gasteiger partial charge is 0.247 e. The Bertz CT molecular complexity index is 922. The van der Waals surface area contributed by atoms with E-state index >= 15 is 0 Å². The highest BCUT2D eigenvalue weighted by atomic mass is 16.3. The lowest BCUT2D eigenvalue weighted by molar-refractivity contribution is -0.118. The first-order chi connectivity index (χ1) is 11.8. The van der Waals surface area contributed by atoms with Gasteiger partial charge in [0.05, 0.1) is 23.0 Å². The van der Waals surface area contributed by atoms with Gasteiger partial charge in [0.2, 0.25) is 5.91 Å². The number of benzene rings is 2. The predicted molar refractivity (Wildman–Crippen MR) is 99.9 cm³/mol. The summed E-state index contributed by atoms with van der Waals surface area (Å²) in [4.78, 5) is 17.0. The van der Waals surface area contributed by atoms with Gasteiger partial charge in [0.1, 0.15) is 11.8 Å². The number of hydrogen-bond acceptors (Lipinski definition) is 3. The summed E-state index contributed by atoms with van der Waals surface area (Å²) in [6.07, 6.45) is 1.67. The number of nitrogens with zero attached hydrogens (tertiary/aromatic N) is 2. The van der Waals surface area contributed by atoms with Crippen molar-refractivity contribution in [3.63, 3.8) is 0 Å². The van der Waals surface area contributed by atoms with Crippen molar-refractivity contribution in [1.29, 1.82) is 0 Å². The molecule has 1 amide bonds. The Morgan fingerprint density at radius 2 is 1.92 bits per heavy atom. The van der Waals surface area contributed by atoms with Crippen molar-refractivity contribution in [2.45, 2.75) is 39.2 Å². The van der Waals surface area contributed by atoms with Gasteiger partial charge < -0.3 is 15.0 Å². The summed E-state index contributed by atoms with van der Waals surface area (Å²) in [6, 6.07) is 12.5. The maximum absolute atomic E-state index is 12.7. The minimum Gasteiger partial charge on any atom is -0.506 e. The van der Waals surface area contributed by atoms with Gasteiger partial charge in [0.15, 0.2) is 0 Å². The van der Waals surface area contributed by atoms with Crippen molar-refractivity contribution in [2.24, 2.45) is 0 Å². The molecule has 0 unspecified atom stereocenters. The summed E-state index contributed by atoms with van der Waals surface area (Å²) in [7, 11) is 0. The maximum atomic E-state index is 12.7. The van der Waals surface area contributed by atoms with Crippen LogP contribution in [-0.2, 0) is 10.2 Å². The lowest BCUT2D eigenvalue weighted by atomic mass is 9.87. The van der Waals surface area contributed by atoms with Gasteiger partial charge in [0.25, 0.3) is 0 Å². The summed E-state index contributed by atoms with van der Waals surface area (Å²) < 4.78 is 1.83. The molecule has 1 atom stereocenters. The van der Waals surface area contributed by atoms with Crippen molar-refractivity contribution in [3.8, 4) is 5.75 Å². The molecule has 0 aliphatic carbocycles. The molecule has 0 saturated heterocycles. The fourth-order valence-corrected chi connectivity index (χ4v) is 2.75. The number of imidazole rings is 1. The molecule has 0 fully saturated rings. The number of phenolic OH excluding ortho intramolecular Hbond substituents is 1. The van der Waals surface area contributed by atoms with Crippen LogP contribution in [0.25, 0.3) is 11.0 Å². The number of fused-ring (bicyclic) bond motifs is 1. The van der Waals surface area contributed by atoms with Crippen molar-refractivity contribution in [1.82, 2.24) is 9.55 Å². The average molecular weight is 337 g/mol. The van der Waals surface area contributed by atoms with Gasteiger partial charge in [-0.3, -0.25) is 4.79 Å². The predicted octanol–water partition coefficient (Wildman–Crippen LogP) is 4.24. The van der Waals surface area contributed by atoms with Crippen LogP contribution < -0.4 is 5.32 Å². The van der Waals surface area contributed by atoms with E-state index in [0.717, 1.165) is 16.6 Å². The summed E-state index contributed by atoms with van der Waals surface area (Å²) >= 11 is 0. The second-order valence-corrected chi connectivity index (χ2v) is 7.29. The Morgan fingerprint density at radius 3 is 2.64 bits per heavy atom. The number of aromatic hydroxyl groups is 1. The first-order valence-corrected chi connectivity index (χ1v) is 8.33. The molecule has 5 nitrogen and oxygen atoms in total. The van der Waals surface area contributed by atoms with E-state index in [2.05, 4.69) is 31.1 Å². The molecular formula is C20H23N3O2. The molecule has 1 heterocycles. The van der Waals surface area contributed by atoms with E-state index in [0.29, 0.717) is 5.69 Å². The van der Waals surface area contributed by atoms with Gasteiger partial charge in [-0.05, 0) is 42.2 Å². The molecule has 0 aliphatic rings. The number of rotatable bonds is 3. The van der Waals surface area contributed by atoms with E-state index in [1.54, 1.807) is 12.4 Å². The molecule has 0 radical (unpaired) electrons. The van der Waals surface area contributed by atoms with E-state index in [9.17, 15) is 9.90 Å². The number of anilines is 1. The molecule has 0 spiro atoms. The molecule has 0 bridgehead atoms. The van der Waals surface area contributed by atoms with Gasteiger partial charge >= 0.3 is 0 Å². The molecule has 1 aromatic heterocycles. The van der Waals surface area contributed by atoms with Crippen LogP contribution in [0.3, 0.4) is 0 Å². The average Bonchev–Trinajstić information content (AvgIpc) is 2.99. The highest BCUT2D eigenvalue weighted by Gasteiger charge is 2.20. The molecule has 3 rings (SSSR count). The first-order valence-electron chi connectivity index (χ1n) is 8.33. The Kier molecular flexibility index (Phi) is 4.25. The number of hydrogen-bond donors (Lipinski definition) is 2. The van der Waals surface area contributed by atoms with Crippen LogP contribution in [0.1, 0.15) is 39.3 Å². The minimum absolute atomic E-state index is 0.0593. The Hall–Kier alpha value is -2.82. The normalized spacial score (nSPS) is 13.0. The lowest BCUT2D eigenvalue weighted by Gasteiger charge is -2.21. The number of para-hydroxylation sites is 2. The third-order valence-corrected chi connectivity index (χ3v) is 4.40. The van der Waals surface area contributed by atoms with Crippen LogP contribution in [-0.4, -0.2) is 20.6 Å². The standard InChI is InChI=1S/C20H23N3O2/c1-13(23-12-21-15-7-5-6-8-17(15)23)19(25)22-16-11-14(20(2,3)4)9-10-18(16)24/h5-13,24H,1-4H3,(H,22,25)/t13-/m1/s1. The van der Waals surface area contributed by atoms with Gasteiger partial charge in [-0.25, -0.2) is 4.98 Å². The molecule has 2 N–H and O–H groups in total. The van der Waals surface area contributed by atoms with Crippen molar-refractivity contribution < 1.29 is 9.90 Å². The molecule has 3 aromatic rings. The molecule has 0 saturated carbocycles. The summed E-state index contributed by atoms with van der Waals surface area (Å²) in [6.45, 7) is 8.08. The summed E-state index contributed by atoms with van der Waals surface area (Å²) in [5, 5.41) is 12.9. The fourth-order valence-electron chi connectivity index (χ4n) is 2.75. The monoisotopic (exact) mass is 337 g/mol. The molecule has 25 heavy (non-hydrogen) atoms. The summed E-state index contributed by atoms with van der Waals surface area (Å²) in [5.74, 6) is -0.145. The number of amides is 1. The molecule has 0 aliphatic heterocycles. The van der Waals surface area contributed by atoms with Crippen molar-refractivity contribution in [3.05, 3.63) is 54.4 Å². The van der Waals surface area contributed by atoms with Gasteiger partial charge in [-0.2, -0.15) is 0 Å². The van der Waals surface area contributed by atoms with E-state index < -0.39 is 6.04 Å². The SMILES string of the molecule is C[C@H](C(=O)Nc1cc(C(C)(C)C)ccc1O)n1cnc2ccccc21. The largest absolute Gasteiger partial charge is 0.506 e. The highest BCUT2D eigenvalue weighted by Crippen LogP contribution is 2.31. The quantitative estimate of drug-likeness (QED) is 0.703. The topological polar surface area (TPSA) is 67.2 Å². The van der Waals surface area contributed by atoms with Crippen molar-refractivity contribution in [2.75, 3.05) is 5.32 Å². The number of nitrogens with one attached hydrogen (secondary N) is 1. The van der Waals surface area contributed by atoms with Gasteiger partial charge in [0, 0.05) is 0 Å². The maximum Gasteiger partial charge on any atom is 0.247 e. The van der Waals surface area contributed by atoms with Crippen LogP contribution in [0.4, 0.5) is 5.69 Å². The van der Waals surface area contributed by atoms with Crippen LogP contribution in [0, 0.1) is 0 Å². The second-order valence-electron chi connectivity index (χ2n) is 7.29. The third kappa shape index (κ3) is 3.36. The van der Waals surface area contributed by atoms with Crippen LogP contribution in [0.2, 0.25) is 0 Å². The molecule has 130 valence electrons. The zero-order valence-corrected chi connectivity index (χ0v) is 14.9. The number of aromatic nitrogens is 2. The Balaban J connectivity index is 1.87.